The second-order valence-corrected chi connectivity index (χ2v) is 6.55. The highest BCUT2D eigenvalue weighted by atomic mass is 19.4. The van der Waals surface area contributed by atoms with Crippen LogP contribution in [0.3, 0.4) is 0 Å². The first-order chi connectivity index (χ1) is 11.7. The predicted octanol–water partition coefficient (Wildman–Crippen LogP) is 2.95. The van der Waals surface area contributed by atoms with Crippen LogP contribution in [0.25, 0.3) is 0 Å². The van der Waals surface area contributed by atoms with Gasteiger partial charge in [0.1, 0.15) is 5.75 Å². The van der Waals surface area contributed by atoms with E-state index in [4.69, 9.17) is 4.74 Å². The van der Waals surface area contributed by atoms with Gasteiger partial charge in [-0.25, -0.2) is 0 Å². The number of carbonyl (C=O) groups excluding carboxylic acids is 1. The first kappa shape index (κ1) is 17.7. The zero-order chi connectivity index (χ0) is 18.2. The van der Waals surface area contributed by atoms with E-state index in [1.165, 1.54) is 0 Å². The molecule has 1 amide bonds. The van der Waals surface area contributed by atoms with Gasteiger partial charge in [0, 0.05) is 5.71 Å². The third-order valence-corrected chi connectivity index (χ3v) is 4.73. The van der Waals surface area contributed by atoms with E-state index in [0.29, 0.717) is 18.6 Å². The summed E-state index contributed by atoms with van der Waals surface area (Å²) in [6, 6.07) is 8.27. The van der Waals surface area contributed by atoms with Crippen molar-refractivity contribution in [2.24, 2.45) is 16.9 Å². The van der Waals surface area contributed by atoms with Gasteiger partial charge in [0.25, 0.3) is 11.6 Å². The van der Waals surface area contributed by atoms with Gasteiger partial charge in [-0.2, -0.15) is 23.3 Å². The third kappa shape index (κ3) is 3.10. The number of carbonyl (C=O) groups is 1. The van der Waals surface area contributed by atoms with Crippen LogP contribution in [0.15, 0.2) is 35.4 Å². The molecule has 5 nitrogen and oxygen atoms in total. The zero-order valence-corrected chi connectivity index (χ0v) is 13.7. The zero-order valence-electron chi connectivity index (χ0n) is 13.7. The molecular weight excluding hydrogens is 337 g/mol. The van der Waals surface area contributed by atoms with E-state index < -0.39 is 30.3 Å². The Balaban J connectivity index is 1.83. The van der Waals surface area contributed by atoms with E-state index in [1.807, 2.05) is 6.92 Å². The van der Waals surface area contributed by atoms with Crippen LogP contribution in [0, 0.1) is 11.8 Å². The van der Waals surface area contributed by atoms with Crippen molar-refractivity contribution in [1.82, 2.24) is 5.01 Å². The largest absolute Gasteiger partial charge is 0.484 e. The Morgan fingerprint density at radius 1 is 1.40 bits per heavy atom. The lowest BCUT2D eigenvalue weighted by Gasteiger charge is -2.39. The highest BCUT2D eigenvalue weighted by Crippen LogP contribution is 2.49. The summed E-state index contributed by atoms with van der Waals surface area (Å²) in [6.45, 7) is 1.19. The lowest BCUT2D eigenvalue weighted by molar-refractivity contribution is -0.318. The first-order valence-corrected chi connectivity index (χ1v) is 8.11. The highest BCUT2D eigenvalue weighted by Gasteiger charge is 2.68. The molecule has 1 N–H and O–H groups in total. The van der Waals surface area contributed by atoms with E-state index in [2.05, 4.69) is 5.10 Å². The van der Waals surface area contributed by atoms with Gasteiger partial charge in [0.05, 0.1) is 5.92 Å². The average molecular weight is 356 g/mol. The fraction of sp³-hybridized carbons (Fsp3) is 0.529. The van der Waals surface area contributed by atoms with Crippen LogP contribution >= 0.6 is 0 Å². The molecule has 1 fully saturated rings. The molecule has 2 aliphatic rings. The number of halogens is 3. The van der Waals surface area contributed by atoms with Crippen LogP contribution < -0.4 is 4.74 Å². The second-order valence-electron chi connectivity index (χ2n) is 6.55. The van der Waals surface area contributed by atoms with Gasteiger partial charge in [0.15, 0.2) is 6.61 Å². The highest BCUT2D eigenvalue weighted by molar-refractivity contribution is 5.93. The number of alkyl halides is 3. The standard InChI is InChI=1S/C17H19F3N2O3/c1-11-7-8-14-13(9-11)16(24,17(18,19)20)22(21-14)15(23)10-25-12-5-3-2-4-6-12/h2-6,11,13,24H,7-10H2,1H3/t11-,13-,16+/m1/s1. The molecular formula is C17H19F3N2O3. The van der Waals surface area contributed by atoms with Crippen LogP contribution in [0.4, 0.5) is 13.2 Å². The summed E-state index contributed by atoms with van der Waals surface area (Å²) in [6.07, 6.45) is -3.85. The van der Waals surface area contributed by atoms with Crippen molar-refractivity contribution in [3.05, 3.63) is 30.3 Å². The number of aliphatic hydroxyl groups is 1. The second kappa shape index (κ2) is 6.33. The molecule has 0 unspecified atom stereocenters. The maximum Gasteiger partial charge on any atom is 0.439 e. The lowest BCUT2D eigenvalue weighted by Crippen LogP contribution is -2.62. The lowest BCUT2D eigenvalue weighted by atomic mass is 9.76. The predicted molar refractivity (Wildman–Crippen MR) is 83.7 cm³/mol. The number of fused-ring (bicyclic) bond motifs is 1. The van der Waals surface area contributed by atoms with Gasteiger partial charge in [-0.3, -0.25) is 4.79 Å². The van der Waals surface area contributed by atoms with Gasteiger partial charge in [-0.15, -0.1) is 0 Å². The van der Waals surface area contributed by atoms with E-state index in [9.17, 15) is 23.1 Å². The van der Waals surface area contributed by atoms with Gasteiger partial charge in [0.2, 0.25) is 0 Å². The topological polar surface area (TPSA) is 62.1 Å². The molecule has 3 atom stereocenters. The summed E-state index contributed by atoms with van der Waals surface area (Å²) in [4.78, 5) is 12.3. The molecule has 0 aromatic heterocycles. The molecule has 3 rings (SSSR count). The number of nitrogens with zero attached hydrogens (tertiary/aromatic N) is 2. The van der Waals surface area contributed by atoms with Crippen LogP contribution in [-0.4, -0.2) is 40.2 Å². The van der Waals surface area contributed by atoms with Crippen molar-refractivity contribution in [3.63, 3.8) is 0 Å². The molecule has 1 aromatic rings. The Hall–Kier alpha value is -2.09. The SMILES string of the molecule is C[C@@H]1CCC2=NN(C(=O)COc3ccccc3)[C@@](O)(C(F)(F)F)[C@@H]2C1. The summed E-state index contributed by atoms with van der Waals surface area (Å²) in [5, 5.41) is 14.5. The number of rotatable bonds is 3. The normalized spacial score (nSPS) is 29.2. The number of hydrogen-bond acceptors (Lipinski definition) is 4. The molecule has 8 heteroatoms. The fourth-order valence-corrected chi connectivity index (χ4v) is 3.38. The monoisotopic (exact) mass is 356 g/mol. The Labute approximate surface area is 143 Å². The minimum atomic E-state index is -5.01. The fourth-order valence-electron chi connectivity index (χ4n) is 3.38. The first-order valence-electron chi connectivity index (χ1n) is 8.11. The summed E-state index contributed by atoms with van der Waals surface area (Å²) in [7, 11) is 0. The summed E-state index contributed by atoms with van der Waals surface area (Å²) < 4.78 is 46.2. The molecule has 1 heterocycles. The van der Waals surface area contributed by atoms with Crippen LogP contribution in [0.1, 0.15) is 26.2 Å². The van der Waals surface area contributed by atoms with Crippen molar-refractivity contribution in [1.29, 1.82) is 0 Å². The molecule has 0 spiro atoms. The summed E-state index contributed by atoms with van der Waals surface area (Å²) >= 11 is 0. The maximum absolute atomic E-state index is 13.7. The van der Waals surface area contributed by atoms with E-state index in [0.717, 1.165) is 0 Å². The van der Waals surface area contributed by atoms with Gasteiger partial charge in [-0.1, -0.05) is 25.1 Å². The molecule has 1 aliphatic carbocycles. The molecule has 1 aliphatic heterocycles. The number of ether oxygens (including phenoxy) is 1. The Bertz CT molecular complexity index is 677. The number of benzene rings is 1. The molecule has 25 heavy (non-hydrogen) atoms. The van der Waals surface area contributed by atoms with Crippen molar-refractivity contribution in [2.45, 2.75) is 38.1 Å². The minimum absolute atomic E-state index is 0.0217. The van der Waals surface area contributed by atoms with Crippen molar-refractivity contribution >= 4 is 11.6 Å². The number of amides is 1. The molecule has 0 bridgehead atoms. The number of hydrogen-bond donors (Lipinski definition) is 1. The van der Waals surface area contributed by atoms with E-state index in [1.54, 1.807) is 30.3 Å². The molecule has 1 saturated carbocycles. The number of hydrazone groups is 1. The van der Waals surface area contributed by atoms with Gasteiger partial charge in [-0.05, 0) is 37.3 Å². The summed E-state index contributed by atoms with van der Waals surface area (Å²) in [5.41, 5.74) is -3.08. The Morgan fingerprint density at radius 2 is 2.08 bits per heavy atom. The van der Waals surface area contributed by atoms with Crippen LogP contribution in [0.5, 0.6) is 5.75 Å². The van der Waals surface area contributed by atoms with Gasteiger partial charge >= 0.3 is 6.18 Å². The Morgan fingerprint density at radius 3 is 2.72 bits per heavy atom. The van der Waals surface area contributed by atoms with Crippen molar-refractivity contribution < 1.29 is 27.8 Å². The smallest absolute Gasteiger partial charge is 0.439 e. The third-order valence-electron chi connectivity index (χ3n) is 4.73. The maximum atomic E-state index is 13.7. The Kier molecular flexibility index (Phi) is 4.49. The quantitative estimate of drug-likeness (QED) is 0.906. The molecule has 0 radical (unpaired) electrons. The van der Waals surface area contributed by atoms with E-state index >= 15 is 0 Å². The van der Waals surface area contributed by atoms with Crippen molar-refractivity contribution in [3.8, 4) is 5.75 Å². The van der Waals surface area contributed by atoms with Crippen LogP contribution in [-0.2, 0) is 4.79 Å². The molecule has 0 saturated heterocycles. The molecule has 136 valence electrons. The van der Waals surface area contributed by atoms with Crippen LogP contribution in [0.2, 0.25) is 0 Å². The summed E-state index contributed by atoms with van der Waals surface area (Å²) in [5.74, 6) is -1.88. The average Bonchev–Trinajstić information content (AvgIpc) is 2.87. The van der Waals surface area contributed by atoms with E-state index in [-0.39, 0.29) is 23.1 Å². The minimum Gasteiger partial charge on any atom is -0.484 e. The number of para-hydroxylation sites is 1. The van der Waals surface area contributed by atoms with Crippen molar-refractivity contribution in [2.75, 3.05) is 6.61 Å². The molecule has 1 aromatic carbocycles. The van der Waals surface area contributed by atoms with Gasteiger partial charge < -0.3 is 9.84 Å².